The first kappa shape index (κ1) is 15.6. The van der Waals surface area contributed by atoms with Crippen LogP contribution in [0.15, 0.2) is 29.6 Å². The van der Waals surface area contributed by atoms with Crippen molar-refractivity contribution in [1.82, 2.24) is 10.3 Å². The molecule has 2 aromatic rings. The number of nitrogens with one attached hydrogen (secondary N) is 1. The smallest absolute Gasteiger partial charge is 0.329 e. The molecular formula is C16H15FN2O3S. The van der Waals surface area contributed by atoms with E-state index in [0.29, 0.717) is 24.3 Å². The largest absolute Gasteiger partial charge is 0.480 e. The first-order valence-corrected chi connectivity index (χ1v) is 8.11. The first-order chi connectivity index (χ1) is 11.0. The van der Waals surface area contributed by atoms with Crippen molar-refractivity contribution in [2.75, 3.05) is 0 Å². The molecule has 23 heavy (non-hydrogen) atoms. The fraction of sp³-hybridized carbons (Fsp3) is 0.312. The van der Waals surface area contributed by atoms with E-state index < -0.39 is 17.4 Å². The van der Waals surface area contributed by atoms with E-state index in [1.165, 1.54) is 23.5 Å². The summed E-state index contributed by atoms with van der Waals surface area (Å²) in [5, 5.41) is 14.1. The molecule has 1 saturated carbocycles. The average Bonchev–Trinajstić information content (AvgIpc) is 2.91. The molecule has 1 aliphatic carbocycles. The Bertz CT molecular complexity index is 755. The van der Waals surface area contributed by atoms with E-state index in [1.807, 2.05) is 0 Å². The lowest BCUT2D eigenvalue weighted by Gasteiger charge is -2.37. The number of aliphatic carboxylic acids is 1. The number of amides is 1. The minimum Gasteiger partial charge on any atom is -0.480 e. The monoisotopic (exact) mass is 334 g/mol. The predicted octanol–water partition coefficient (Wildman–Crippen LogP) is 2.61. The Morgan fingerprint density at radius 1 is 1.39 bits per heavy atom. The number of benzene rings is 1. The molecule has 5 nitrogen and oxygen atoms in total. The van der Waals surface area contributed by atoms with Crippen LogP contribution in [-0.4, -0.2) is 27.5 Å². The molecule has 1 heterocycles. The van der Waals surface area contributed by atoms with Crippen LogP contribution in [0.5, 0.6) is 0 Å². The summed E-state index contributed by atoms with van der Waals surface area (Å²) in [6, 6.07) is 6.21. The average molecular weight is 334 g/mol. The summed E-state index contributed by atoms with van der Waals surface area (Å²) in [4.78, 5) is 27.7. The van der Waals surface area contributed by atoms with Crippen LogP contribution in [0.2, 0.25) is 0 Å². The van der Waals surface area contributed by atoms with E-state index in [4.69, 9.17) is 0 Å². The van der Waals surface area contributed by atoms with Crippen LogP contribution in [0.3, 0.4) is 0 Å². The second-order valence-corrected chi connectivity index (χ2v) is 6.57. The molecule has 0 aliphatic heterocycles. The number of carbonyl (C=O) groups excluding carboxylic acids is 1. The zero-order valence-corrected chi connectivity index (χ0v) is 13.0. The molecule has 0 saturated heterocycles. The Morgan fingerprint density at radius 2 is 2.17 bits per heavy atom. The lowest BCUT2D eigenvalue weighted by molar-refractivity contribution is -0.148. The Balaban J connectivity index is 1.69. The number of carbonyl (C=O) groups is 2. The number of thiazole rings is 1. The summed E-state index contributed by atoms with van der Waals surface area (Å²) in [6.45, 7) is 0. The van der Waals surface area contributed by atoms with Crippen molar-refractivity contribution in [1.29, 1.82) is 0 Å². The Morgan fingerprint density at radius 3 is 2.78 bits per heavy atom. The molecule has 0 radical (unpaired) electrons. The molecule has 0 spiro atoms. The molecule has 0 unspecified atom stereocenters. The summed E-state index contributed by atoms with van der Waals surface area (Å²) in [5.74, 6) is -1.80. The molecule has 0 atom stereocenters. The molecule has 1 amide bonds. The van der Waals surface area contributed by atoms with Gasteiger partial charge in [-0.3, -0.25) is 4.79 Å². The molecule has 1 aromatic heterocycles. The molecule has 0 bridgehead atoms. The summed E-state index contributed by atoms with van der Waals surface area (Å²) < 4.78 is 13.2. The van der Waals surface area contributed by atoms with Gasteiger partial charge >= 0.3 is 5.97 Å². The van der Waals surface area contributed by atoms with Gasteiger partial charge < -0.3 is 10.4 Å². The zero-order valence-electron chi connectivity index (χ0n) is 12.2. The maximum Gasteiger partial charge on any atom is 0.329 e. The number of hydrogen-bond acceptors (Lipinski definition) is 4. The van der Waals surface area contributed by atoms with E-state index in [-0.39, 0.29) is 11.5 Å². The second-order valence-electron chi connectivity index (χ2n) is 5.63. The fourth-order valence-electron chi connectivity index (χ4n) is 2.52. The highest BCUT2D eigenvalue weighted by Gasteiger charge is 2.46. The molecule has 7 heteroatoms. The van der Waals surface area contributed by atoms with Gasteiger partial charge in [-0.05, 0) is 37.0 Å². The minimum absolute atomic E-state index is 0.203. The molecule has 2 N–H and O–H groups in total. The van der Waals surface area contributed by atoms with Gasteiger partial charge in [0.15, 0.2) is 0 Å². The third-order valence-electron chi connectivity index (χ3n) is 4.00. The highest BCUT2D eigenvalue weighted by molar-refractivity contribution is 7.09. The molecule has 1 aliphatic rings. The number of nitrogens with zero attached hydrogens (tertiary/aromatic N) is 1. The standard InChI is InChI=1S/C16H15FN2O3S/c17-11-4-1-3-10(7-11)8-13-18-12(9-23-13)14(20)19-16(15(21)22)5-2-6-16/h1,3-4,7,9H,2,5-6,8H2,(H,19,20)(H,21,22). The van der Waals surface area contributed by atoms with Crippen LogP contribution in [0.4, 0.5) is 4.39 Å². The van der Waals surface area contributed by atoms with Crippen molar-refractivity contribution in [3.63, 3.8) is 0 Å². The SMILES string of the molecule is O=C(NC1(C(=O)O)CCC1)c1csc(Cc2cccc(F)c2)n1. The number of carboxylic acid groups (broad SMARTS) is 1. The number of carboxylic acids is 1. The second kappa shape index (κ2) is 6.08. The Labute approximate surface area is 136 Å². The quantitative estimate of drug-likeness (QED) is 0.881. The van der Waals surface area contributed by atoms with E-state index in [1.54, 1.807) is 17.5 Å². The van der Waals surface area contributed by atoms with Crippen molar-refractivity contribution >= 4 is 23.2 Å². The van der Waals surface area contributed by atoms with Gasteiger partial charge in [0, 0.05) is 11.8 Å². The van der Waals surface area contributed by atoms with E-state index >= 15 is 0 Å². The summed E-state index contributed by atoms with van der Waals surface area (Å²) in [5.41, 5.74) is -0.176. The van der Waals surface area contributed by atoms with Gasteiger partial charge in [0.25, 0.3) is 5.91 Å². The predicted molar refractivity (Wildman–Crippen MR) is 83.0 cm³/mol. The molecule has 1 aromatic carbocycles. The van der Waals surface area contributed by atoms with Crippen LogP contribution < -0.4 is 5.32 Å². The normalized spacial score (nSPS) is 15.7. The van der Waals surface area contributed by atoms with Gasteiger partial charge in [-0.2, -0.15) is 0 Å². The molecule has 120 valence electrons. The van der Waals surface area contributed by atoms with Gasteiger partial charge in [-0.15, -0.1) is 11.3 Å². The van der Waals surface area contributed by atoms with E-state index in [2.05, 4.69) is 10.3 Å². The number of aromatic nitrogens is 1. The zero-order chi connectivity index (χ0) is 16.4. The maximum atomic E-state index is 13.2. The summed E-state index contributed by atoms with van der Waals surface area (Å²) >= 11 is 1.30. The van der Waals surface area contributed by atoms with Crippen molar-refractivity contribution in [3.8, 4) is 0 Å². The lowest BCUT2D eigenvalue weighted by atomic mass is 9.76. The van der Waals surface area contributed by atoms with Crippen LogP contribution in [0, 0.1) is 5.82 Å². The third-order valence-corrected chi connectivity index (χ3v) is 4.85. The number of halogens is 1. The van der Waals surface area contributed by atoms with Crippen molar-refractivity contribution in [3.05, 3.63) is 51.7 Å². The number of rotatable bonds is 5. The van der Waals surface area contributed by atoms with Gasteiger partial charge in [-0.25, -0.2) is 14.2 Å². The summed E-state index contributed by atoms with van der Waals surface area (Å²) in [7, 11) is 0. The van der Waals surface area contributed by atoms with Crippen LogP contribution in [-0.2, 0) is 11.2 Å². The van der Waals surface area contributed by atoms with Crippen LogP contribution in [0.25, 0.3) is 0 Å². The van der Waals surface area contributed by atoms with Crippen molar-refractivity contribution < 1.29 is 19.1 Å². The maximum absolute atomic E-state index is 13.2. The Hall–Kier alpha value is -2.28. The topological polar surface area (TPSA) is 79.3 Å². The van der Waals surface area contributed by atoms with Crippen molar-refractivity contribution in [2.24, 2.45) is 0 Å². The molecule has 1 fully saturated rings. The minimum atomic E-state index is -1.15. The summed E-state index contributed by atoms with van der Waals surface area (Å²) in [6.07, 6.45) is 2.09. The van der Waals surface area contributed by atoms with Crippen LogP contribution >= 0.6 is 11.3 Å². The molecular weight excluding hydrogens is 319 g/mol. The fourth-order valence-corrected chi connectivity index (χ4v) is 3.33. The van der Waals surface area contributed by atoms with E-state index in [0.717, 1.165) is 12.0 Å². The third kappa shape index (κ3) is 3.24. The van der Waals surface area contributed by atoms with Crippen LogP contribution in [0.1, 0.15) is 40.3 Å². The first-order valence-electron chi connectivity index (χ1n) is 7.23. The van der Waals surface area contributed by atoms with Gasteiger partial charge in [0.1, 0.15) is 17.1 Å². The lowest BCUT2D eigenvalue weighted by Crippen LogP contribution is -2.59. The number of hydrogen-bond donors (Lipinski definition) is 2. The van der Waals surface area contributed by atoms with E-state index in [9.17, 15) is 19.1 Å². The molecule has 3 rings (SSSR count). The van der Waals surface area contributed by atoms with Gasteiger partial charge in [-0.1, -0.05) is 12.1 Å². The highest BCUT2D eigenvalue weighted by Crippen LogP contribution is 2.32. The van der Waals surface area contributed by atoms with Crippen molar-refractivity contribution in [2.45, 2.75) is 31.2 Å². The highest BCUT2D eigenvalue weighted by atomic mass is 32.1. The Kier molecular flexibility index (Phi) is 4.12. The van der Waals surface area contributed by atoms with Gasteiger partial charge in [0.2, 0.25) is 0 Å². The van der Waals surface area contributed by atoms with Gasteiger partial charge in [0.05, 0.1) is 5.01 Å².